The molecule has 0 saturated heterocycles. The van der Waals surface area contributed by atoms with Crippen LogP contribution in [0.4, 0.5) is 0 Å². The van der Waals surface area contributed by atoms with Crippen molar-refractivity contribution in [3.8, 4) is 28.2 Å². The monoisotopic (exact) mass is 706 g/mol. The van der Waals surface area contributed by atoms with Gasteiger partial charge in [0.2, 0.25) is 5.89 Å². The van der Waals surface area contributed by atoms with Gasteiger partial charge < -0.3 is 8.83 Å². The summed E-state index contributed by atoms with van der Waals surface area (Å²) in [5.74, 6) is 1.48. The second-order valence-corrected chi connectivity index (χ2v) is 16.5. The molecule has 5 nitrogen and oxygen atoms in total. The highest BCUT2D eigenvalue weighted by Gasteiger charge is 2.27. The fraction of sp³-hybridized carbons (Fsp3) is 0.184. The zero-order chi connectivity index (χ0) is 39.6. The van der Waals surface area contributed by atoms with Crippen LogP contribution in [0.3, 0.4) is 0 Å². The van der Waals surface area contributed by atoms with E-state index in [4.69, 9.17) is 22.9 Å². The maximum Gasteiger partial charge on any atom is 0.200 e. The summed E-state index contributed by atoms with van der Waals surface area (Å²) in [5.41, 5.74) is 9.78. The summed E-state index contributed by atoms with van der Waals surface area (Å²) in [6.45, 7) is 10.9. The Balaban J connectivity index is 1.18. The van der Waals surface area contributed by atoms with Crippen molar-refractivity contribution in [2.45, 2.75) is 59.2 Å². The van der Waals surface area contributed by atoms with Gasteiger partial charge in [0.15, 0.2) is 5.58 Å². The van der Waals surface area contributed by atoms with Crippen molar-refractivity contribution in [2.24, 2.45) is 0 Å². The van der Waals surface area contributed by atoms with Crippen LogP contribution in [0.15, 0.2) is 130 Å². The van der Waals surface area contributed by atoms with Gasteiger partial charge in [-0.3, -0.25) is 4.57 Å². The Morgan fingerprint density at radius 1 is 0.574 bits per heavy atom. The minimum Gasteiger partial charge on any atom is -0.455 e. The van der Waals surface area contributed by atoms with Gasteiger partial charge >= 0.3 is 0 Å². The van der Waals surface area contributed by atoms with Crippen LogP contribution in [-0.4, -0.2) is 14.5 Å². The van der Waals surface area contributed by atoms with Crippen molar-refractivity contribution in [2.75, 3.05) is 0 Å². The van der Waals surface area contributed by atoms with Gasteiger partial charge in [0.05, 0.1) is 22.3 Å². The number of nitrogens with zero attached hydrogens (tertiary/aromatic N) is 3. The molecule has 3 aromatic heterocycles. The molecule has 7 aromatic carbocycles. The number of hydrogen-bond donors (Lipinski definition) is 0. The molecule has 10 rings (SSSR count). The van der Waals surface area contributed by atoms with Gasteiger partial charge in [-0.15, -0.1) is 0 Å². The number of aromatic nitrogens is 3. The molecule has 0 spiro atoms. The average molecular weight is 707 g/mol. The molecule has 5 heteroatoms. The van der Waals surface area contributed by atoms with E-state index in [1.54, 1.807) is 12.1 Å². The summed E-state index contributed by atoms with van der Waals surface area (Å²) in [5, 5.41) is 6.18. The lowest BCUT2D eigenvalue weighted by atomic mass is 9.83. The second-order valence-electron chi connectivity index (χ2n) is 16.5. The Kier molecular flexibility index (Phi) is 6.18. The van der Waals surface area contributed by atoms with Gasteiger partial charge in [-0.1, -0.05) is 114 Å². The number of hydrogen-bond acceptors (Lipinski definition) is 4. The van der Waals surface area contributed by atoms with Gasteiger partial charge in [-0.2, -0.15) is 0 Å². The van der Waals surface area contributed by atoms with Gasteiger partial charge in [-0.05, 0) is 93.8 Å². The molecule has 0 unspecified atom stereocenters. The number of oxazole rings is 1. The molecule has 0 radical (unpaired) electrons. The fourth-order valence-corrected chi connectivity index (χ4v) is 8.01. The zero-order valence-corrected chi connectivity index (χ0v) is 31.2. The number of furan rings is 1. The third kappa shape index (κ3) is 4.91. The molecule has 0 aliphatic carbocycles. The minimum absolute atomic E-state index is 0.220. The normalized spacial score (nSPS) is 13.8. The van der Waals surface area contributed by atoms with Crippen molar-refractivity contribution in [3.05, 3.63) is 138 Å². The van der Waals surface area contributed by atoms with Gasteiger partial charge in [-0.25, -0.2) is 9.97 Å². The molecule has 264 valence electrons. The highest BCUT2D eigenvalue weighted by atomic mass is 16.4. The van der Waals surface area contributed by atoms with Crippen molar-refractivity contribution < 1.29 is 12.9 Å². The molecular weight excluding hydrogens is 663 g/mol. The number of para-hydroxylation sites is 3. The maximum absolute atomic E-state index is 7.97. The standard InChI is InChI=1S/C49H41N3O2/c1-28-19-22-32-34-15-12-16-36(44(34)53-42(32)25-28)46-50-39-17-10-11-18-41(39)52(46)40-24-21-30(27-38(40)48(2,3)4)29-20-23-35-37(26-29)31-13-8-9-14-33(31)43-45(35)54-47(51-43)49(5,6)7/h8-27H,1-7H3/i1D3. The van der Waals surface area contributed by atoms with Crippen LogP contribution in [-0.2, 0) is 10.8 Å². The number of benzene rings is 7. The van der Waals surface area contributed by atoms with Crippen molar-refractivity contribution in [3.63, 3.8) is 0 Å². The molecule has 0 amide bonds. The molecule has 0 bridgehead atoms. The quantitative estimate of drug-likeness (QED) is 0.172. The van der Waals surface area contributed by atoms with E-state index in [0.29, 0.717) is 11.2 Å². The number of fused-ring (bicyclic) bond motifs is 10. The molecule has 54 heavy (non-hydrogen) atoms. The fourth-order valence-electron chi connectivity index (χ4n) is 8.01. The molecule has 0 saturated carbocycles. The van der Waals surface area contributed by atoms with Crippen LogP contribution in [0.5, 0.6) is 0 Å². The lowest BCUT2D eigenvalue weighted by Crippen LogP contribution is -2.16. The molecule has 0 fully saturated rings. The van der Waals surface area contributed by atoms with E-state index in [2.05, 4.69) is 113 Å². The van der Waals surface area contributed by atoms with Crippen molar-refractivity contribution in [1.82, 2.24) is 14.5 Å². The Hall–Kier alpha value is -6.20. The molecule has 0 aliphatic heterocycles. The Morgan fingerprint density at radius 2 is 1.30 bits per heavy atom. The van der Waals surface area contributed by atoms with Gasteiger partial charge in [0.25, 0.3) is 0 Å². The lowest BCUT2D eigenvalue weighted by Gasteiger charge is -2.25. The van der Waals surface area contributed by atoms with Crippen molar-refractivity contribution >= 4 is 65.6 Å². The molecule has 0 aliphatic rings. The van der Waals surface area contributed by atoms with E-state index >= 15 is 0 Å². The first kappa shape index (κ1) is 29.3. The van der Waals surface area contributed by atoms with Crippen LogP contribution in [0.25, 0.3) is 93.8 Å². The van der Waals surface area contributed by atoms with E-state index < -0.39 is 6.85 Å². The first-order valence-electron chi connectivity index (χ1n) is 20.0. The first-order valence-corrected chi connectivity index (χ1v) is 18.5. The highest BCUT2D eigenvalue weighted by Crippen LogP contribution is 2.43. The van der Waals surface area contributed by atoms with E-state index in [1.165, 1.54) is 0 Å². The van der Waals surface area contributed by atoms with Gasteiger partial charge in [0.1, 0.15) is 22.5 Å². The Morgan fingerprint density at radius 3 is 2.11 bits per heavy atom. The predicted octanol–water partition coefficient (Wildman–Crippen LogP) is 13.6. The lowest BCUT2D eigenvalue weighted by molar-refractivity contribution is 0.412. The highest BCUT2D eigenvalue weighted by molar-refractivity contribution is 6.23. The summed E-state index contributed by atoms with van der Waals surface area (Å²) in [6, 6.07) is 41.3. The van der Waals surface area contributed by atoms with E-state index in [1.807, 2.05) is 42.5 Å². The number of rotatable bonds is 3. The van der Waals surface area contributed by atoms with Crippen LogP contribution >= 0.6 is 0 Å². The first-order chi connectivity index (χ1) is 27.1. The summed E-state index contributed by atoms with van der Waals surface area (Å²) in [6.07, 6.45) is 0. The molecule has 0 N–H and O–H groups in total. The number of aryl methyl sites for hydroxylation is 1. The van der Waals surface area contributed by atoms with E-state index in [9.17, 15) is 0 Å². The third-order valence-corrected chi connectivity index (χ3v) is 10.7. The summed E-state index contributed by atoms with van der Waals surface area (Å²) in [7, 11) is 0. The smallest absolute Gasteiger partial charge is 0.200 e. The zero-order valence-electron chi connectivity index (χ0n) is 34.2. The van der Waals surface area contributed by atoms with Crippen LogP contribution in [0.1, 0.15) is 62.7 Å². The van der Waals surface area contributed by atoms with Crippen LogP contribution < -0.4 is 0 Å². The minimum atomic E-state index is -2.24. The van der Waals surface area contributed by atoms with E-state index in [-0.39, 0.29) is 16.4 Å². The number of imidazole rings is 1. The summed E-state index contributed by atoms with van der Waals surface area (Å²) in [4.78, 5) is 10.2. The van der Waals surface area contributed by atoms with Gasteiger partial charge in [0, 0.05) is 31.1 Å². The summed E-state index contributed by atoms with van der Waals surface area (Å²) < 4.78 is 39.2. The SMILES string of the molecule is [2H]C([2H])([2H])c1ccc2c(c1)oc1c(-c3nc4ccccc4n3-c3ccc(-c4ccc5c(c4)c4ccccc4c4nc(C(C)(C)C)oc54)cc3C(C)(C)C)cccc12. The Labute approximate surface area is 318 Å². The summed E-state index contributed by atoms with van der Waals surface area (Å²) >= 11 is 0. The van der Waals surface area contributed by atoms with E-state index in [0.717, 1.165) is 94.1 Å². The molecule has 10 aromatic rings. The Bertz CT molecular complexity index is 3260. The maximum atomic E-state index is 7.97. The second kappa shape index (κ2) is 11.4. The molecule has 3 heterocycles. The molecule has 0 atom stereocenters. The largest absolute Gasteiger partial charge is 0.455 e. The predicted molar refractivity (Wildman–Crippen MR) is 224 cm³/mol. The van der Waals surface area contributed by atoms with Crippen molar-refractivity contribution in [1.29, 1.82) is 0 Å². The topological polar surface area (TPSA) is 57.0 Å². The average Bonchev–Trinajstić information content (AvgIpc) is 3.91. The van der Waals surface area contributed by atoms with Crippen LogP contribution in [0.2, 0.25) is 0 Å². The van der Waals surface area contributed by atoms with Crippen LogP contribution in [0, 0.1) is 6.85 Å². The third-order valence-electron chi connectivity index (χ3n) is 10.7. The molecular formula is C49H41N3O2.